The summed E-state index contributed by atoms with van der Waals surface area (Å²) in [7, 11) is 0. The molecule has 0 bridgehead atoms. The summed E-state index contributed by atoms with van der Waals surface area (Å²) in [6, 6.07) is 11.3. The summed E-state index contributed by atoms with van der Waals surface area (Å²) < 4.78 is 44.0. The maximum atomic E-state index is 12.7. The van der Waals surface area contributed by atoms with Crippen LogP contribution in [0, 0.1) is 0 Å². The van der Waals surface area contributed by atoms with Gasteiger partial charge >= 0.3 is 6.18 Å². The molecule has 1 nitrogen and oxygen atoms in total. The van der Waals surface area contributed by atoms with Crippen molar-refractivity contribution in [1.29, 1.82) is 0 Å². The summed E-state index contributed by atoms with van der Waals surface area (Å²) in [5, 5.41) is 0. The van der Waals surface area contributed by atoms with Gasteiger partial charge in [-0.05, 0) is 70.6 Å². The average molecular weight is 399 g/mol. The van der Waals surface area contributed by atoms with Crippen molar-refractivity contribution in [3.05, 3.63) is 58.1 Å². The van der Waals surface area contributed by atoms with Crippen LogP contribution in [0.4, 0.5) is 13.2 Å². The predicted octanol–water partition coefficient (Wildman–Crippen LogP) is 7.31. The molecule has 0 spiro atoms. The van der Waals surface area contributed by atoms with E-state index in [4.69, 9.17) is 4.74 Å². The number of benzene rings is 2. The summed E-state index contributed by atoms with van der Waals surface area (Å²) >= 11 is 3.15. The molecular formula is C19H18BrF3O. The Morgan fingerprint density at radius 2 is 1.58 bits per heavy atom. The molecule has 5 heteroatoms. The van der Waals surface area contributed by atoms with Crippen LogP contribution >= 0.6 is 15.9 Å². The molecule has 0 amide bonds. The third-order valence-corrected chi connectivity index (χ3v) is 5.06. The highest BCUT2D eigenvalue weighted by molar-refractivity contribution is 9.10. The number of alkyl halides is 3. The van der Waals surface area contributed by atoms with E-state index in [0.29, 0.717) is 17.4 Å². The fourth-order valence-electron chi connectivity index (χ4n) is 3.13. The molecule has 0 N–H and O–H groups in total. The maximum absolute atomic E-state index is 12.7. The molecule has 0 aromatic heterocycles. The predicted molar refractivity (Wildman–Crippen MR) is 91.5 cm³/mol. The zero-order chi connectivity index (χ0) is 17.2. The second-order valence-corrected chi connectivity index (χ2v) is 7.00. The lowest BCUT2D eigenvalue weighted by atomic mass is 9.84. The third-order valence-electron chi connectivity index (χ3n) is 4.44. The van der Waals surface area contributed by atoms with Crippen LogP contribution in [0.1, 0.15) is 49.1 Å². The highest BCUT2D eigenvalue weighted by atomic mass is 79.9. The van der Waals surface area contributed by atoms with E-state index >= 15 is 0 Å². The normalized spacial score (nSPS) is 16.2. The van der Waals surface area contributed by atoms with Gasteiger partial charge in [0.05, 0.1) is 10.0 Å². The van der Waals surface area contributed by atoms with Gasteiger partial charge in [-0.25, -0.2) is 0 Å². The number of hydrogen-bond donors (Lipinski definition) is 0. The average Bonchev–Trinajstić information content (AvgIpc) is 2.57. The van der Waals surface area contributed by atoms with Crippen LogP contribution in [0.25, 0.3) is 0 Å². The van der Waals surface area contributed by atoms with Crippen molar-refractivity contribution in [2.75, 3.05) is 0 Å². The molecule has 0 saturated heterocycles. The molecule has 128 valence electrons. The number of hydrogen-bond acceptors (Lipinski definition) is 1. The molecule has 0 aliphatic heterocycles. The SMILES string of the molecule is FC(F)(F)c1ccc(Oc2ccc(C3CCCCC3)cc2)c(Br)c1. The van der Waals surface area contributed by atoms with E-state index in [0.717, 1.165) is 12.1 Å². The van der Waals surface area contributed by atoms with Crippen LogP contribution < -0.4 is 4.74 Å². The highest BCUT2D eigenvalue weighted by Crippen LogP contribution is 2.37. The van der Waals surface area contributed by atoms with Crippen LogP contribution in [-0.4, -0.2) is 0 Å². The highest BCUT2D eigenvalue weighted by Gasteiger charge is 2.31. The fourth-order valence-corrected chi connectivity index (χ4v) is 3.59. The number of rotatable bonds is 3. The Morgan fingerprint density at radius 3 is 2.17 bits per heavy atom. The van der Waals surface area contributed by atoms with Gasteiger partial charge < -0.3 is 4.74 Å². The minimum Gasteiger partial charge on any atom is -0.456 e. The van der Waals surface area contributed by atoms with Crippen LogP contribution in [0.2, 0.25) is 0 Å². The Hall–Kier alpha value is -1.49. The lowest BCUT2D eigenvalue weighted by Gasteiger charge is -2.22. The molecule has 0 atom stereocenters. The molecule has 0 unspecified atom stereocenters. The first-order valence-electron chi connectivity index (χ1n) is 8.08. The van der Waals surface area contributed by atoms with Gasteiger partial charge in [-0.1, -0.05) is 31.4 Å². The first-order valence-corrected chi connectivity index (χ1v) is 8.87. The van der Waals surface area contributed by atoms with Crippen LogP contribution in [0.5, 0.6) is 11.5 Å². The number of ether oxygens (including phenoxy) is 1. The summed E-state index contributed by atoms with van der Waals surface area (Å²) in [5.74, 6) is 1.61. The van der Waals surface area contributed by atoms with E-state index in [-0.39, 0.29) is 4.47 Å². The molecule has 1 aliphatic rings. The minimum absolute atomic E-state index is 0.286. The summed E-state index contributed by atoms with van der Waals surface area (Å²) in [5.41, 5.74) is 0.614. The van der Waals surface area contributed by atoms with Crippen LogP contribution in [-0.2, 0) is 6.18 Å². The largest absolute Gasteiger partial charge is 0.456 e. The Bertz CT molecular complexity index is 689. The van der Waals surface area contributed by atoms with Crippen molar-refractivity contribution in [1.82, 2.24) is 0 Å². The standard InChI is InChI=1S/C19H18BrF3O/c20-17-12-15(19(21,22)23)8-11-18(17)24-16-9-6-14(7-10-16)13-4-2-1-3-5-13/h6-13H,1-5H2. The first-order chi connectivity index (χ1) is 11.4. The first kappa shape index (κ1) is 17.3. The van der Waals surface area contributed by atoms with Crippen molar-refractivity contribution in [3.8, 4) is 11.5 Å². The molecule has 1 saturated carbocycles. The van der Waals surface area contributed by atoms with E-state index in [2.05, 4.69) is 28.1 Å². The second kappa shape index (κ2) is 7.18. The molecule has 3 rings (SSSR count). The zero-order valence-corrected chi connectivity index (χ0v) is 14.7. The van der Waals surface area contributed by atoms with E-state index in [1.807, 2.05) is 12.1 Å². The van der Waals surface area contributed by atoms with Gasteiger partial charge in [0.15, 0.2) is 0 Å². The third kappa shape index (κ3) is 4.12. The van der Waals surface area contributed by atoms with E-state index in [1.165, 1.54) is 43.7 Å². The topological polar surface area (TPSA) is 9.23 Å². The Labute approximate surface area is 148 Å². The van der Waals surface area contributed by atoms with Gasteiger partial charge in [0.2, 0.25) is 0 Å². The lowest BCUT2D eigenvalue weighted by molar-refractivity contribution is -0.137. The van der Waals surface area contributed by atoms with Crippen molar-refractivity contribution >= 4 is 15.9 Å². The monoisotopic (exact) mass is 398 g/mol. The second-order valence-electron chi connectivity index (χ2n) is 6.15. The molecule has 0 radical (unpaired) electrons. The van der Waals surface area contributed by atoms with Crippen LogP contribution in [0.3, 0.4) is 0 Å². The van der Waals surface area contributed by atoms with Gasteiger partial charge in [-0.3, -0.25) is 0 Å². The summed E-state index contributed by atoms with van der Waals surface area (Å²) in [6.45, 7) is 0. The number of halogens is 4. The maximum Gasteiger partial charge on any atom is 0.416 e. The molecule has 1 fully saturated rings. The summed E-state index contributed by atoms with van der Waals surface area (Å²) in [6.07, 6.45) is 1.97. The molecule has 24 heavy (non-hydrogen) atoms. The quantitative estimate of drug-likeness (QED) is 0.526. The van der Waals surface area contributed by atoms with E-state index in [1.54, 1.807) is 0 Å². The molecule has 0 heterocycles. The molecule has 1 aliphatic carbocycles. The van der Waals surface area contributed by atoms with Gasteiger partial charge in [-0.15, -0.1) is 0 Å². The Kier molecular flexibility index (Phi) is 5.18. The molecule has 2 aromatic carbocycles. The smallest absolute Gasteiger partial charge is 0.416 e. The van der Waals surface area contributed by atoms with Gasteiger partial charge in [0.25, 0.3) is 0 Å². The van der Waals surface area contributed by atoms with Crippen LogP contribution in [0.15, 0.2) is 46.9 Å². The van der Waals surface area contributed by atoms with Gasteiger partial charge in [0.1, 0.15) is 11.5 Å². The van der Waals surface area contributed by atoms with Gasteiger partial charge in [-0.2, -0.15) is 13.2 Å². The van der Waals surface area contributed by atoms with E-state index in [9.17, 15) is 13.2 Å². The Balaban J connectivity index is 1.72. The van der Waals surface area contributed by atoms with Crippen molar-refractivity contribution < 1.29 is 17.9 Å². The molecular weight excluding hydrogens is 381 g/mol. The van der Waals surface area contributed by atoms with Crippen molar-refractivity contribution in [3.63, 3.8) is 0 Å². The Morgan fingerprint density at radius 1 is 0.917 bits per heavy atom. The van der Waals surface area contributed by atoms with Crippen molar-refractivity contribution in [2.45, 2.75) is 44.2 Å². The lowest BCUT2D eigenvalue weighted by Crippen LogP contribution is -2.05. The van der Waals surface area contributed by atoms with E-state index < -0.39 is 11.7 Å². The fraction of sp³-hybridized carbons (Fsp3) is 0.368. The van der Waals surface area contributed by atoms with Gasteiger partial charge in [0, 0.05) is 0 Å². The minimum atomic E-state index is -4.36. The molecule has 2 aromatic rings. The summed E-state index contributed by atoms with van der Waals surface area (Å²) in [4.78, 5) is 0. The zero-order valence-electron chi connectivity index (χ0n) is 13.1. The van der Waals surface area contributed by atoms with Crippen molar-refractivity contribution in [2.24, 2.45) is 0 Å².